The van der Waals surface area contributed by atoms with Gasteiger partial charge in [0.25, 0.3) is 0 Å². The highest BCUT2D eigenvalue weighted by Crippen LogP contribution is 2.42. The average molecular weight is 326 g/mol. The van der Waals surface area contributed by atoms with Crippen molar-refractivity contribution >= 4 is 17.3 Å². The molecule has 2 aromatic rings. The first-order valence-electron chi connectivity index (χ1n) is 8.28. The average Bonchev–Trinajstić information content (AvgIpc) is 2.62. The number of aryl methyl sites for hydroxylation is 1. The van der Waals surface area contributed by atoms with Gasteiger partial charge in [0.1, 0.15) is 23.9 Å². The van der Waals surface area contributed by atoms with Crippen LogP contribution in [-0.4, -0.2) is 32.1 Å². The van der Waals surface area contributed by atoms with E-state index < -0.39 is 0 Å². The van der Waals surface area contributed by atoms with Gasteiger partial charge < -0.3 is 14.5 Å². The van der Waals surface area contributed by atoms with E-state index in [1.165, 1.54) is 6.07 Å². The lowest BCUT2D eigenvalue weighted by Crippen LogP contribution is -2.47. The van der Waals surface area contributed by atoms with Crippen molar-refractivity contribution in [2.45, 2.75) is 12.8 Å². The maximum absolute atomic E-state index is 13.7. The Bertz CT molecular complexity index is 778. The summed E-state index contributed by atoms with van der Waals surface area (Å²) in [6.07, 6.45) is 0.711. The molecule has 5 heteroatoms. The minimum atomic E-state index is -0.249. The molecule has 2 aliphatic heterocycles. The van der Waals surface area contributed by atoms with Crippen molar-refractivity contribution in [2.75, 3.05) is 36.0 Å². The molecule has 124 valence electrons. The third-order valence-electron chi connectivity index (χ3n) is 4.66. The van der Waals surface area contributed by atoms with Crippen LogP contribution in [0.1, 0.15) is 12.0 Å². The fourth-order valence-corrected chi connectivity index (χ4v) is 3.44. The first-order chi connectivity index (χ1) is 11.7. The highest BCUT2D eigenvalue weighted by Gasteiger charge is 2.31. The summed E-state index contributed by atoms with van der Waals surface area (Å²) in [5.74, 6) is 0.614. The quantitative estimate of drug-likeness (QED) is 0.869. The molecule has 0 aliphatic carbocycles. The number of amides is 1. The predicted octanol–water partition coefficient (Wildman–Crippen LogP) is 3.00. The Morgan fingerprint density at radius 3 is 2.83 bits per heavy atom. The Morgan fingerprint density at radius 2 is 1.96 bits per heavy atom. The van der Waals surface area contributed by atoms with Gasteiger partial charge >= 0.3 is 0 Å². The number of carbonyl (C=O) groups excluding carboxylic acids is 1. The van der Waals surface area contributed by atoms with Crippen molar-refractivity contribution in [1.82, 2.24) is 0 Å². The standard InChI is InChI=1S/C19H19FN2O2/c20-15-5-2-1-4-14(15)8-9-18(23)22-11-10-21-12-13-24-17-7-3-6-16(22)19(17)21/h1-7H,8-13H2. The summed E-state index contributed by atoms with van der Waals surface area (Å²) in [5.41, 5.74) is 2.49. The highest BCUT2D eigenvalue weighted by atomic mass is 19.1. The molecule has 24 heavy (non-hydrogen) atoms. The van der Waals surface area contributed by atoms with Gasteiger partial charge in [0.05, 0.1) is 12.2 Å². The summed E-state index contributed by atoms with van der Waals surface area (Å²) in [6, 6.07) is 12.4. The molecule has 0 unspecified atom stereocenters. The maximum Gasteiger partial charge on any atom is 0.227 e. The van der Waals surface area contributed by atoms with Crippen LogP contribution < -0.4 is 14.5 Å². The Balaban J connectivity index is 1.54. The van der Waals surface area contributed by atoms with Crippen LogP contribution in [0.15, 0.2) is 42.5 Å². The monoisotopic (exact) mass is 326 g/mol. The van der Waals surface area contributed by atoms with Crippen molar-refractivity contribution in [3.8, 4) is 5.75 Å². The summed E-state index contributed by atoms with van der Waals surface area (Å²) in [4.78, 5) is 16.8. The number of nitrogens with zero attached hydrogens (tertiary/aromatic N) is 2. The summed E-state index contributed by atoms with van der Waals surface area (Å²) in [5, 5.41) is 0. The van der Waals surface area contributed by atoms with Crippen molar-refractivity contribution in [3.05, 3.63) is 53.8 Å². The number of benzene rings is 2. The second-order valence-corrected chi connectivity index (χ2v) is 6.10. The molecular weight excluding hydrogens is 307 g/mol. The first-order valence-corrected chi connectivity index (χ1v) is 8.28. The topological polar surface area (TPSA) is 32.8 Å². The number of carbonyl (C=O) groups is 1. The van der Waals surface area contributed by atoms with E-state index in [4.69, 9.17) is 4.74 Å². The Hall–Kier alpha value is -2.56. The van der Waals surface area contributed by atoms with Crippen LogP contribution in [-0.2, 0) is 11.2 Å². The van der Waals surface area contributed by atoms with Crippen LogP contribution in [0.2, 0.25) is 0 Å². The number of halogens is 1. The molecule has 0 N–H and O–H groups in total. The van der Waals surface area contributed by atoms with Crippen LogP contribution in [0.3, 0.4) is 0 Å². The summed E-state index contributed by atoms with van der Waals surface area (Å²) in [7, 11) is 0. The van der Waals surface area contributed by atoms with Gasteiger partial charge in [0.2, 0.25) is 5.91 Å². The Labute approximate surface area is 140 Å². The van der Waals surface area contributed by atoms with E-state index in [-0.39, 0.29) is 11.7 Å². The molecule has 0 spiro atoms. The molecule has 2 aromatic carbocycles. The third-order valence-corrected chi connectivity index (χ3v) is 4.66. The third kappa shape index (κ3) is 2.60. The van der Waals surface area contributed by atoms with Crippen LogP contribution >= 0.6 is 0 Å². The molecule has 4 rings (SSSR count). The van der Waals surface area contributed by atoms with Crippen molar-refractivity contribution in [1.29, 1.82) is 0 Å². The minimum Gasteiger partial charge on any atom is -0.489 e. The van der Waals surface area contributed by atoms with Gasteiger partial charge in [-0.05, 0) is 30.2 Å². The molecule has 0 fully saturated rings. The lowest BCUT2D eigenvalue weighted by molar-refractivity contribution is -0.118. The molecule has 0 radical (unpaired) electrons. The lowest BCUT2D eigenvalue weighted by atomic mass is 10.1. The fourth-order valence-electron chi connectivity index (χ4n) is 3.44. The molecular formula is C19H19FN2O2. The highest BCUT2D eigenvalue weighted by molar-refractivity contribution is 5.99. The zero-order valence-corrected chi connectivity index (χ0v) is 13.4. The molecule has 0 saturated heterocycles. The number of para-hydroxylation sites is 1. The van der Waals surface area contributed by atoms with Gasteiger partial charge in [0.15, 0.2) is 0 Å². The molecule has 4 nitrogen and oxygen atoms in total. The summed E-state index contributed by atoms with van der Waals surface area (Å²) >= 11 is 0. The van der Waals surface area contributed by atoms with Crippen molar-refractivity contribution in [3.63, 3.8) is 0 Å². The lowest BCUT2D eigenvalue weighted by Gasteiger charge is -2.41. The van der Waals surface area contributed by atoms with E-state index in [2.05, 4.69) is 4.90 Å². The van der Waals surface area contributed by atoms with E-state index in [0.29, 0.717) is 31.6 Å². The van der Waals surface area contributed by atoms with Gasteiger partial charge in [-0.2, -0.15) is 0 Å². The molecule has 0 bridgehead atoms. The van der Waals surface area contributed by atoms with Crippen molar-refractivity contribution in [2.24, 2.45) is 0 Å². The van der Waals surface area contributed by atoms with E-state index in [9.17, 15) is 9.18 Å². The maximum atomic E-state index is 13.7. The zero-order chi connectivity index (χ0) is 16.5. The SMILES string of the molecule is O=C(CCc1ccccc1F)N1CCN2CCOc3cccc1c32. The molecule has 0 atom stereocenters. The minimum absolute atomic E-state index is 0.0249. The predicted molar refractivity (Wildman–Crippen MR) is 91.2 cm³/mol. The number of anilines is 2. The Morgan fingerprint density at radius 1 is 1.08 bits per heavy atom. The van der Waals surface area contributed by atoms with E-state index in [1.807, 2.05) is 23.1 Å². The number of hydrogen-bond acceptors (Lipinski definition) is 3. The number of hydrogen-bond donors (Lipinski definition) is 0. The first kappa shape index (κ1) is 15.0. The second-order valence-electron chi connectivity index (χ2n) is 6.10. The van der Waals surface area contributed by atoms with Gasteiger partial charge in [-0.15, -0.1) is 0 Å². The molecule has 2 aliphatic rings. The van der Waals surface area contributed by atoms with E-state index in [0.717, 1.165) is 30.2 Å². The summed E-state index contributed by atoms with van der Waals surface area (Å²) in [6.45, 7) is 2.99. The Kier molecular flexibility index (Phi) is 3.84. The van der Waals surface area contributed by atoms with Crippen LogP contribution in [0.25, 0.3) is 0 Å². The molecule has 1 amide bonds. The molecule has 0 aromatic heterocycles. The van der Waals surface area contributed by atoms with Gasteiger partial charge in [0, 0.05) is 19.5 Å². The smallest absolute Gasteiger partial charge is 0.227 e. The number of ether oxygens (including phenoxy) is 1. The van der Waals surface area contributed by atoms with Gasteiger partial charge in [-0.1, -0.05) is 24.3 Å². The largest absolute Gasteiger partial charge is 0.489 e. The van der Waals surface area contributed by atoms with Gasteiger partial charge in [-0.3, -0.25) is 4.79 Å². The van der Waals surface area contributed by atoms with E-state index in [1.54, 1.807) is 18.2 Å². The van der Waals surface area contributed by atoms with Gasteiger partial charge in [-0.25, -0.2) is 4.39 Å². The van der Waals surface area contributed by atoms with Crippen LogP contribution in [0.5, 0.6) is 5.75 Å². The number of rotatable bonds is 3. The summed E-state index contributed by atoms with van der Waals surface area (Å²) < 4.78 is 19.4. The molecule has 2 heterocycles. The second kappa shape index (κ2) is 6.15. The molecule has 0 saturated carbocycles. The zero-order valence-electron chi connectivity index (χ0n) is 13.4. The van der Waals surface area contributed by atoms with Crippen molar-refractivity contribution < 1.29 is 13.9 Å². The van der Waals surface area contributed by atoms with Crippen LogP contribution in [0.4, 0.5) is 15.8 Å². The van der Waals surface area contributed by atoms with E-state index >= 15 is 0 Å². The normalized spacial score (nSPS) is 15.7. The van der Waals surface area contributed by atoms with Crippen LogP contribution in [0, 0.1) is 5.82 Å². The fraction of sp³-hybridized carbons (Fsp3) is 0.316.